The minimum absolute atomic E-state index is 0.0586. The number of hydrazine groups is 1. The maximum Gasteiger partial charge on any atom is 0.0316 e. The van der Waals surface area contributed by atoms with Crippen molar-refractivity contribution in [3.63, 3.8) is 0 Å². The number of hydrogen-bond acceptors (Lipinski definition) is 3. The summed E-state index contributed by atoms with van der Waals surface area (Å²) in [6.45, 7) is 16.1. The van der Waals surface area contributed by atoms with E-state index in [1.807, 2.05) is 0 Å². The molecule has 1 saturated heterocycles. The van der Waals surface area contributed by atoms with Crippen molar-refractivity contribution in [2.75, 3.05) is 7.05 Å². The van der Waals surface area contributed by atoms with Crippen LogP contribution in [0.15, 0.2) is 0 Å². The van der Waals surface area contributed by atoms with Crippen molar-refractivity contribution in [3.8, 4) is 0 Å². The molecule has 1 fully saturated rings. The Hall–Kier alpha value is -0.120. The summed E-state index contributed by atoms with van der Waals surface area (Å²) in [5, 5.41) is 2.07. The second-order valence-electron chi connectivity index (χ2n) is 7.87. The Morgan fingerprint density at radius 3 is 1.79 bits per heavy atom. The predicted molar refractivity (Wildman–Crippen MR) is 84.0 cm³/mol. The van der Waals surface area contributed by atoms with Crippen LogP contribution >= 0.6 is 0 Å². The molecular formula is C16H35N3. The molecule has 1 heterocycles. The fourth-order valence-corrected chi connectivity index (χ4v) is 3.70. The molecule has 1 aliphatic rings. The van der Waals surface area contributed by atoms with Crippen molar-refractivity contribution in [2.24, 2.45) is 5.84 Å². The predicted octanol–water partition coefficient (Wildman–Crippen LogP) is 3.39. The van der Waals surface area contributed by atoms with Crippen LogP contribution in [0.25, 0.3) is 0 Å². The minimum atomic E-state index is 0.0586. The van der Waals surface area contributed by atoms with Gasteiger partial charge in [-0.15, -0.1) is 0 Å². The lowest BCUT2D eigenvalue weighted by atomic mass is 9.76. The van der Waals surface area contributed by atoms with E-state index >= 15 is 0 Å². The smallest absolute Gasteiger partial charge is 0.0316 e. The third-order valence-electron chi connectivity index (χ3n) is 5.70. The van der Waals surface area contributed by atoms with E-state index in [1.165, 1.54) is 12.8 Å². The van der Waals surface area contributed by atoms with E-state index in [9.17, 15) is 0 Å². The van der Waals surface area contributed by atoms with Gasteiger partial charge in [-0.05, 0) is 67.3 Å². The first-order valence-electron chi connectivity index (χ1n) is 7.78. The second kappa shape index (κ2) is 5.34. The molecule has 0 aliphatic carbocycles. The molecule has 0 unspecified atom stereocenters. The van der Waals surface area contributed by atoms with Gasteiger partial charge >= 0.3 is 0 Å². The van der Waals surface area contributed by atoms with Crippen molar-refractivity contribution in [1.29, 1.82) is 0 Å². The zero-order chi connectivity index (χ0) is 15.1. The molecule has 0 aromatic carbocycles. The van der Waals surface area contributed by atoms with E-state index in [2.05, 4.69) is 65.4 Å². The summed E-state index contributed by atoms with van der Waals surface area (Å²) in [6, 6.07) is 0.606. The van der Waals surface area contributed by atoms with Gasteiger partial charge in [0.05, 0.1) is 0 Å². The molecule has 0 atom stereocenters. The molecule has 114 valence electrons. The number of piperidine rings is 1. The highest BCUT2D eigenvalue weighted by Gasteiger charge is 2.46. The van der Waals surface area contributed by atoms with E-state index in [1.54, 1.807) is 0 Å². The number of nitrogens with two attached hydrogens (primary N) is 1. The van der Waals surface area contributed by atoms with Gasteiger partial charge in [0, 0.05) is 22.7 Å². The maximum absolute atomic E-state index is 6.34. The summed E-state index contributed by atoms with van der Waals surface area (Å²) in [5.74, 6) is 6.34. The first kappa shape index (κ1) is 16.9. The van der Waals surface area contributed by atoms with Crippen LogP contribution < -0.4 is 5.84 Å². The quantitative estimate of drug-likeness (QED) is 0.794. The van der Waals surface area contributed by atoms with E-state index < -0.39 is 0 Å². The lowest BCUT2D eigenvalue weighted by Crippen LogP contribution is -2.68. The van der Waals surface area contributed by atoms with Gasteiger partial charge in [-0.1, -0.05) is 13.8 Å². The molecule has 0 amide bonds. The first-order valence-corrected chi connectivity index (χ1v) is 7.78. The van der Waals surface area contributed by atoms with Gasteiger partial charge < -0.3 is 0 Å². The summed E-state index contributed by atoms with van der Waals surface area (Å²) in [6.07, 6.45) is 4.67. The highest BCUT2D eigenvalue weighted by Crippen LogP contribution is 2.40. The van der Waals surface area contributed by atoms with Gasteiger partial charge in [-0.25, -0.2) is 5.01 Å². The van der Waals surface area contributed by atoms with Crippen LogP contribution in [-0.4, -0.2) is 39.6 Å². The van der Waals surface area contributed by atoms with E-state index in [0.717, 1.165) is 12.8 Å². The molecule has 0 saturated carbocycles. The average Bonchev–Trinajstić information content (AvgIpc) is 2.33. The molecule has 19 heavy (non-hydrogen) atoms. The Labute approximate surface area is 120 Å². The van der Waals surface area contributed by atoms with Crippen LogP contribution in [0.4, 0.5) is 0 Å². The zero-order valence-electron chi connectivity index (χ0n) is 14.4. The Kier molecular flexibility index (Phi) is 4.76. The summed E-state index contributed by atoms with van der Waals surface area (Å²) in [7, 11) is 2.30. The molecule has 0 spiro atoms. The van der Waals surface area contributed by atoms with Crippen LogP contribution in [0, 0.1) is 0 Å². The monoisotopic (exact) mass is 269 g/mol. The highest BCUT2D eigenvalue weighted by atomic mass is 15.5. The fourth-order valence-electron chi connectivity index (χ4n) is 3.70. The number of rotatable bonds is 4. The Morgan fingerprint density at radius 1 is 1.11 bits per heavy atom. The van der Waals surface area contributed by atoms with Crippen molar-refractivity contribution in [2.45, 2.75) is 96.8 Å². The second-order valence-corrected chi connectivity index (χ2v) is 7.87. The summed E-state index contributed by atoms with van der Waals surface area (Å²) >= 11 is 0. The molecule has 3 heteroatoms. The zero-order valence-corrected chi connectivity index (χ0v) is 14.4. The van der Waals surface area contributed by atoms with Gasteiger partial charge in [0.2, 0.25) is 0 Å². The molecule has 0 aromatic heterocycles. The average molecular weight is 269 g/mol. The normalized spacial score (nSPS) is 24.9. The molecule has 0 bridgehead atoms. The van der Waals surface area contributed by atoms with Crippen molar-refractivity contribution < 1.29 is 0 Å². The number of nitrogens with zero attached hydrogens (tertiary/aromatic N) is 2. The van der Waals surface area contributed by atoms with Gasteiger partial charge in [-0.2, -0.15) is 0 Å². The largest absolute Gasteiger partial charge is 0.298 e. The Morgan fingerprint density at radius 2 is 1.47 bits per heavy atom. The molecular weight excluding hydrogens is 234 g/mol. The molecule has 1 aliphatic heterocycles. The van der Waals surface area contributed by atoms with Crippen molar-refractivity contribution in [1.82, 2.24) is 9.91 Å². The summed E-state index contributed by atoms with van der Waals surface area (Å²) in [4.78, 5) is 2.61. The third kappa shape index (κ3) is 3.14. The Balaban J connectivity index is 2.97. The highest BCUT2D eigenvalue weighted by molar-refractivity contribution is 5.02. The van der Waals surface area contributed by atoms with Gasteiger partial charge in [0.15, 0.2) is 0 Å². The van der Waals surface area contributed by atoms with Crippen molar-refractivity contribution in [3.05, 3.63) is 0 Å². The SMILES string of the molecule is CCC(C)(CC)N(C)C1CC(C)(C)N(N)C(C)(C)C1. The molecule has 2 N–H and O–H groups in total. The lowest BCUT2D eigenvalue weighted by molar-refractivity contribution is -0.0815. The molecule has 1 rings (SSSR count). The van der Waals surface area contributed by atoms with Gasteiger partial charge in [0.25, 0.3) is 0 Å². The number of hydrogen-bond donors (Lipinski definition) is 1. The minimum Gasteiger partial charge on any atom is -0.298 e. The third-order valence-corrected chi connectivity index (χ3v) is 5.70. The van der Waals surface area contributed by atoms with Crippen LogP contribution in [0.1, 0.15) is 74.1 Å². The van der Waals surface area contributed by atoms with Gasteiger partial charge in [0.1, 0.15) is 0 Å². The van der Waals surface area contributed by atoms with E-state index in [0.29, 0.717) is 11.6 Å². The van der Waals surface area contributed by atoms with Crippen molar-refractivity contribution >= 4 is 0 Å². The molecule has 0 radical (unpaired) electrons. The molecule has 3 nitrogen and oxygen atoms in total. The topological polar surface area (TPSA) is 32.5 Å². The summed E-state index contributed by atoms with van der Waals surface area (Å²) < 4.78 is 0. The van der Waals surface area contributed by atoms with Crippen LogP contribution in [0.5, 0.6) is 0 Å². The van der Waals surface area contributed by atoms with Crippen LogP contribution in [0.2, 0.25) is 0 Å². The summed E-state index contributed by atoms with van der Waals surface area (Å²) in [5.41, 5.74) is 0.416. The van der Waals surface area contributed by atoms with Gasteiger partial charge in [-0.3, -0.25) is 10.7 Å². The van der Waals surface area contributed by atoms with E-state index in [4.69, 9.17) is 5.84 Å². The fraction of sp³-hybridized carbons (Fsp3) is 1.00. The standard InChI is InChI=1S/C16H35N3/c1-9-16(7,10-2)18(8)13-11-14(3,4)19(17)15(5,6)12-13/h13H,9-12,17H2,1-8H3. The Bertz CT molecular complexity index is 287. The van der Waals surface area contributed by atoms with Crippen LogP contribution in [0.3, 0.4) is 0 Å². The first-order chi connectivity index (χ1) is 8.50. The van der Waals surface area contributed by atoms with Crippen LogP contribution in [-0.2, 0) is 0 Å². The molecule has 0 aromatic rings. The lowest BCUT2D eigenvalue weighted by Gasteiger charge is -2.56. The maximum atomic E-state index is 6.34. The van der Waals surface area contributed by atoms with E-state index in [-0.39, 0.29) is 11.1 Å².